The molecular weight excluding hydrogens is 348 g/mol. The standard InChI is InChI=1S/C16H14N4O2S.ClH/c21-20(22)11-5-3-4-10(8-11)19-15-14-12-6-1-2-7-13(12)23-16(14)18-9-17-15;/h3-5,8-9H,1-2,6-7H2,(H,17,18,19);1H. The third kappa shape index (κ3) is 2.92. The lowest BCUT2D eigenvalue weighted by Gasteiger charge is -2.12. The highest BCUT2D eigenvalue weighted by molar-refractivity contribution is 7.19. The number of rotatable bonds is 3. The maximum atomic E-state index is 10.9. The van der Waals surface area contributed by atoms with E-state index in [0.717, 1.165) is 28.9 Å². The first-order chi connectivity index (χ1) is 11.2. The summed E-state index contributed by atoms with van der Waals surface area (Å²) < 4.78 is 0. The van der Waals surface area contributed by atoms with Crippen LogP contribution in [0.3, 0.4) is 0 Å². The van der Waals surface area contributed by atoms with Crippen molar-refractivity contribution in [3.8, 4) is 0 Å². The van der Waals surface area contributed by atoms with Gasteiger partial charge in [0, 0.05) is 22.7 Å². The summed E-state index contributed by atoms with van der Waals surface area (Å²) in [6, 6.07) is 6.47. The molecule has 0 radical (unpaired) electrons. The average molecular weight is 363 g/mol. The van der Waals surface area contributed by atoms with Gasteiger partial charge in [0.2, 0.25) is 0 Å². The van der Waals surface area contributed by atoms with Crippen LogP contribution in [-0.2, 0) is 12.8 Å². The first-order valence-corrected chi connectivity index (χ1v) is 8.31. The van der Waals surface area contributed by atoms with Crippen LogP contribution in [0, 0.1) is 10.1 Å². The molecule has 6 nitrogen and oxygen atoms in total. The van der Waals surface area contributed by atoms with Crippen molar-refractivity contribution in [2.45, 2.75) is 25.7 Å². The average Bonchev–Trinajstić information content (AvgIpc) is 2.94. The van der Waals surface area contributed by atoms with E-state index in [1.165, 1.54) is 35.4 Å². The Morgan fingerprint density at radius 1 is 1.21 bits per heavy atom. The fourth-order valence-corrected chi connectivity index (χ4v) is 4.25. The number of nitro groups is 1. The number of thiophene rings is 1. The second kappa shape index (κ2) is 6.70. The minimum Gasteiger partial charge on any atom is -0.339 e. The molecule has 0 spiro atoms. The molecule has 8 heteroatoms. The molecule has 3 aromatic rings. The number of halogens is 1. The maximum absolute atomic E-state index is 10.9. The van der Waals surface area contributed by atoms with E-state index in [4.69, 9.17) is 0 Å². The highest BCUT2D eigenvalue weighted by atomic mass is 35.5. The number of non-ortho nitro benzene ring substituents is 1. The van der Waals surface area contributed by atoms with Crippen molar-refractivity contribution in [2.24, 2.45) is 0 Å². The zero-order valence-corrected chi connectivity index (χ0v) is 14.3. The summed E-state index contributed by atoms with van der Waals surface area (Å²) in [6.07, 6.45) is 6.10. The number of benzene rings is 1. The van der Waals surface area contributed by atoms with Crippen LogP contribution >= 0.6 is 23.7 Å². The van der Waals surface area contributed by atoms with Gasteiger partial charge in [-0.05, 0) is 37.3 Å². The van der Waals surface area contributed by atoms with Gasteiger partial charge >= 0.3 is 0 Å². The van der Waals surface area contributed by atoms with Gasteiger partial charge in [0.15, 0.2) is 0 Å². The summed E-state index contributed by atoms with van der Waals surface area (Å²) in [6.45, 7) is 0. The molecule has 124 valence electrons. The molecule has 0 amide bonds. The number of nitrogens with zero attached hydrogens (tertiary/aromatic N) is 3. The van der Waals surface area contributed by atoms with Gasteiger partial charge in [-0.25, -0.2) is 9.97 Å². The van der Waals surface area contributed by atoms with Gasteiger partial charge in [-0.1, -0.05) is 6.07 Å². The van der Waals surface area contributed by atoms with Crippen LogP contribution in [0.1, 0.15) is 23.3 Å². The van der Waals surface area contributed by atoms with Crippen LogP contribution in [0.4, 0.5) is 17.2 Å². The summed E-state index contributed by atoms with van der Waals surface area (Å²) >= 11 is 1.73. The van der Waals surface area contributed by atoms with Crippen LogP contribution in [-0.4, -0.2) is 14.9 Å². The molecule has 0 unspecified atom stereocenters. The zero-order chi connectivity index (χ0) is 15.8. The highest BCUT2D eigenvalue weighted by Gasteiger charge is 2.20. The van der Waals surface area contributed by atoms with Gasteiger partial charge < -0.3 is 5.32 Å². The molecule has 1 aromatic carbocycles. The second-order valence-electron chi connectivity index (χ2n) is 5.55. The van der Waals surface area contributed by atoms with Crippen molar-refractivity contribution in [1.29, 1.82) is 0 Å². The van der Waals surface area contributed by atoms with Crippen LogP contribution in [0.2, 0.25) is 0 Å². The predicted molar refractivity (Wildman–Crippen MR) is 97.7 cm³/mol. The molecule has 2 heterocycles. The molecule has 0 saturated carbocycles. The van der Waals surface area contributed by atoms with Crippen molar-refractivity contribution in [3.63, 3.8) is 0 Å². The van der Waals surface area contributed by atoms with E-state index >= 15 is 0 Å². The number of aryl methyl sites for hydroxylation is 2. The summed E-state index contributed by atoms with van der Waals surface area (Å²) in [5.74, 6) is 0.731. The monoisotopic (exact) mass is 362 g/mol. The number of nitro benzene ring substituents is 1. The molecule has 24 heavy (non-hydrogen) atoms. The summed E-state index contributed by atoms with van der Waals surface area (Å²) in [5, 5.41) is 15.2. The third-order valence-electron chi connectivity index (χ3n) is 4.07. The minimum atomic E-state index is -0.396. The molecule has 4 rings (SSSR count). The lowest BCUT2D eigenvalue weighted by atomic mass is 9.97. The Kier molecular flexibility index (Phi) is 4.64. The Morgan fingerprint density at radius 3 is 2.88 bits per heavy atom. The highest BCUT2D eigenvalue weighted by Crippen LogP contribution is 2.38. The Hall–Kier alpha value is -2.25. The van der Waals surface area contributed by atoms with E-state index < -0.39 is 4.92 Å². The Bertz CT molecular complexity index is 912. The van der Waals surface area contributed by atoms with Gasteiger partial charge in [-0.3, -0.25) is 10.1 Å². The Morgan fingerprint density at radius 2 is 2.04 bits per heavy atom. The topological polar surface area (TPSA) is 81.0 Å². The SMILES string of the molecule is Cl.O=[N+]([O-])c1cccc(Nc2ncnc3sc4c(c23)CCCC4)c1. The first kappa shape index (κ1) is 16.6. The normalized spacial score (nSPS) is 13.2. The zero-order valence-electron chi connectivity index (χ0n) is 12.7. The molecule has 1 N–H and O–H groups in total. The number of hydrogen-bond acceptors (Lipinski definition) is 6. The summed E-state index contributed by atoms with van der Waals surface area (Å²) in [4.78, 5) is 21.7. The molecule has 0 fully saturated rings. The number of aromatic nitrogens is 2. The smallest absolute Gasteiger partial charge is 0.271 e. The quantitative estimate of drug-likeness (QED) is 0.542. The van der Waals surface area contributed by atoms with E-state index in [1.807, 2.05) is 0 Å². The largest absolute Gasteiger partial charge is 0.339 e. The van der Waals surface area contributed by atoms with Crippen LogP contribution in [0.15, 0.2) is 30.6 Å². The molecule has 0 saturated heterocycles. The molecule has 1 aliphatic carbocycles. The van der Waals surface area contributed by atoms with E-state index in [0.29, 0.717) is 5.69 Å². The van der Waals surface area contributed by atoms with Crippen molar-refractivity contribution in [1.82, 2.24) is 9.97 Å². The maximum Gasteiger partial charge on any atom is 0.271 e. The lowest BCUT2D eigenvalue weighted by Crippen LogP contribution is -2.01. The van der Waals surface area contributed by atoms with Crippen LogP contribution < -0.4 is 5.32 Å². The fourth-order valence-electron chi connectivity index (χ4n) is 3.02. The third-order valence-corrected chi connectivity index (χ3v) is 5.27. The summed E-state index contributed by atoms with van der Waals surface area (Å²) in [7, 11) is 0. The Labute approximate surface area is 148 Å². The molecule has 0 atom stereocenters. The lowest BCUT2D eigenvalue weighted by molar-refractivity contribution is -0.384. The van der Waals surface area contributed by atoms with E-state index in [1.54, 1.807) is 29.8 Å². The van der Waals surface area contributed by atoms with Crippen molar-refractivity contribution >= 4 is 51.2 Å². The number of nitrogens with one attached hydrogen (secondary N) is 1. The van der Waals surface area contributed by atoms with Gasteiger partial charge in [0.1, 0.15) is 17.0 Å². The number of fused-ring (bicyclic) bond motifs is 3. The molecule has 2 aromatic heterocycles. The van der Waals surface area contributed by atoms with Crippen molar-refractivity contribution < 1.29 is 4.92 Å². The molecule has 1 aliphatic rings. The van der Waals surface area contributed by atoms with Crippen molar-refractivity contribution in [3.05, 3.63) is 51.1 Å². The summed E-state index contributed by atoms with van der Waals surface area (Å²) in [5.41, 5.74) is 2.06. The Balaban J connectivity index is 0.00000169. The molecule has 0 bridgehead atoms. The van der Waals surface area contributed by atoms with E-state index in [9.17, 15) is 10.1 Å². The molecular formula is C16H15ClN4O2S. The van der Waals surface area contributed by atoms with Crippen LogP contribution in [0.25, 0.3) is 10.2 Å². The van der Waals surface area contributed by atoms with Gasteiger partial charge in [-0.15, -0.1) is 23.7 Å². The van der Waals surface area contributed by atoms with Gasteiger partial charge in [0.05, 0.1) is 10.3 Å². The number of hydrogen-bond donors (Lipinski definition) is 1. The second-order valence-corrected chi connectivity index (χ2v) is 6.63. The van der Waals surface area contributed by atoms with Crippen molar-refractivity contribution in [2.75, 3.05) is 5.32 Å². The first-order valence-electron chi connectivity index (χ1n) is 7.49. The van der Waals surface area contributed by atoms with Gasteiger partial charge in [-0.2, -0.15) is 0 Å². The van der Waals surface area contributed by atoms with E-state index in [-0.39, 0.29) is 18.1 Å². The van der Waals surface area contributed by atoms with Gasteiger partial charge in [0.25, 0.3) is 5.69 Å². The molecule has 0 aliphatic heterocycles. The fraction of sp³-hybridized carbons (Fsp3) is 0.250. The van der Waals surface area contributed by atoms with Crippen LogP contribution in [0.5, 0.6) is 0 Å². The minimum absolute atomic E-state index is 0. The predicted octanol–water partition coefficient (Wildman–Crippen LogP) is 4.64. The number of anilines is 2. The van der Waals surface area contributed by atoms with E-state index in [2.05, 4.69) is 15.3 Å².